The fourth-order valence-electron chi connectivity index (χ4n) is 3.12. The van der Waals surface area contributed by atoms with Crippen molar-refractivity contribution < 1.29 is 14.3 Å². The molecule has 1 aliphatic heterocycles. The van der Waals surface area contributed by atoms with Crippen LogP contribution in [0.25, 0.3) is 0 Å². The topological polar surface area (TPSA) is 77.7 Å². The summed E-state index contributed by atoms with van der Waals surface area (Å²) in [5.74, 6) is 0.665. The summed E-state index contributed by atoms with van der Waals surface area (Å²) in [6, 6.07) is 1.77. The van der Waals surface area contributed by atoms with E-state index in [1.807, 2.05) is 25.7 Å². The summed E-state index contributed by atoms with van der Waals surface area (Å²) >= 11 is 0. The Morgan fingerprint density at radius 3 is 2.73 bits per heavy atom. The van der Waals surface area contributed by atoms with Crippen LogP contribution in [0, 0.1) is 0 Å². The molecule has 0 bridgehead atoms. The summed E-state index contributed by atoms with van der Waals surface area (Å²) in [5.41, 5.74) is 5.84. The first-order valence-corrected chi connectivity index (χ1v) is 7.66. The maximum absolute atomic E-state index is 12.2. The zero-order chi connectivity index (χ0) is 16.0. The molecule has 1 aliphatic carbocycles. The number of rotatable bonds is 2. The lowest BCUT2D eigenvalue weighted by atomic mass is 9.66. The van der Waals surface area contributed by atoms with Crippen LogP contribution >= 0.6 is 0 Å². The molecular formula is C16H23N3O3. The number of aromatic nitrogens is 1. The largest absolute Gasteiger partial charge is 0.488 e. The van der Waals surface area contributed by atoms with Crippen LogP contribution in [0.1, 0.15) is 40.0 Å². The summed E-state index contributed by atoms with van der Waals surface area (Å²) in [4.78, 5) is 18.0. The second kappa shape index (κ2) is 5.04. The number of nitrogens with zero attached hydrogens (tertiary/aromatic N) is 2. The van der Waals surface area contributed by atoms with Gasteiger partial charge in [-0.1, -0.05) is 0 Å². The van der Waals surface area contributed by atoms with Crippen molar-refractivity contribution in [3.8, 4) is 5.75 Å². The SMILES string of the molecule is CC(C)(C)OC(=O)N1CCC12CC(Oc1ccncc1N)C2. The molecule has 2 N–H and O–H groups in total. The minimum Gasteiger partial charge on any atom is -0.488 e. The highest BCUT2D eigenvalue weighted by molar-refractivity contribution is 5.71. The van der Waals surface area contributed by atoms with Crippen LogP contribution in [-0.2, 0) is 4.74 Å². The van der Waals surface area contributed by atoms with Crippen molar-refractivity contribution in [1.29, 1.82) is 0 Å². The van der Waals surface area contributed by atoms with Gasteiger partial charge >= 0.3 is 6.09 Å². The standard InChI is InChI=1S/C16H23N3O3/c1-15(2,3)22-14(20)19-7-5-16(19)8-11(9-16)21-13-4-6-18-10-12(13)17/h4,6,10-11H,5,7-9,17H2,1-3H3. The third-order valence-corrected chi connectivity index (χ3v) is 4.31. The Hall–Kier alpha value is -1.98. The number of ether oxygens (including phenoxy) is 2. The highest BCUT2D eigenvalue weighted by Gasteiger charge is 2.57. The number of nitrogen functional groups attached to an aromatic ring is 1. The fraction of sp³-hybridized carbons (Fsp3) is 0.625. The van der Waals surface area contributed by atoms with Gasteiger partial charge in [-0.2, -0.15) is 0 Å². The van der Waals surface area contributed by atoms with E-state index in [1.165, 1.54) is 0 Å². The van der Waals surface area contributed by atoms with Gasteiger partial charge in [0.1, 0.15) is 17.5 Å². The van der Waals surface area contributed by atoms with E-state index in [0.717, 1.165) is 25.8 Å². The monoisotopic (exact) mass is 305 g/mol. The number of pyridine rings is 1. The van der Waals surface area contributed by atoms with E-state index in [4.69, 9.17) is 15.2 Å². The van der Waals surface area contributed by atoms with E-state index < -0.39 is 5.60 Å². The molecule has 1 saturated carbocycles. The summed E-state index contributed by atoms with van der Waals surface area (Å²) in [7, 11) is 0. The molecule has 1 saturated heterocycles. The highest BCUT2D eigenvalue weighted by atomic mass is 16.6. The molecule has 1 amide bonds. The predicted molar refractivity (Wildman–Crippen MR) is 82.6 cm³/mol. The fourth-order valence-corrected chi connectivity index (χ4v) is 3.12. The van der Waals surface area contributed by atoms with Crippen LogP contribution in [0.4, 0.5) is 10.5 Å². The van der Waals surface area contributed by atoms with Crippen molar-refractivity contribution in [2.24, 2.45) is 0 Å². The quantitative estimate of drug-likeness (QED) is 0.908. The second-order valence-corrected chi connectivity index (χ2v) is 7.17. The average Bonchev–Trinajstić information content (AvgIpc) is 2.31. The van der Waals surface area contributed by atoms with E-state index >= 15 is 0 Å². The van der Waals surface area contributed by atoms with Crippen LogP contribution in [0.3, 0.4) is 0 Å². The van der Waals surface area contributed by atoms with Gasteiger partial charge in [0, 0.05) is 31.6 Å². The molecule has 0 aromatic carbocycles. The molecular weight excluding hydrogens is 282 g/mol. The smallest absolute Gasteiger partial charge is 0.410 e. The molecule has 1 spiro atoms. The van der Waals surface area contributed by atoms with Gasteiger partial charge < -0.3 is 20.1 Å². The number of carbonyl (C=O) groups is 1. The number of amides is 1. The molecule has 3 rings (SSSR count). The summed E-state index contributed by atoms with van der Waals surface area (Å²) < 4.78 is 11.4. The van der Waals surface area contributed by atoms with Gasteiger partial charge in [-0.15, -0.1) is 0 Å². The second-order valence-electron chi connectivity index (χ2n) is 7.17. The van der Waals surface area contributed by atoms with Crippen molar-refractivity contribution in [3.05, 3.63) is 18.5 Å². The van der Waals surface area contributed by atoms with Crippen LogP contribution < -0.4 is 10.5 Å². The third-order valence-electron chi connectivity index (χ3n) is 4.31. The Kier molecular flexibility index (Phi) is 3.42. The number of nitrogens with two attached hydrogens (primary N) is 1. The number of anilines is 1. The Morgan fingerprint density at radius 2 is 2.18 bits per heavy atom. The van der Waals surface area contributed by atoms with E-state index in [2.05, 4.69) is 4.98 Å². The molecule has 0 atom stereocenters. The van der Waals surface area contributed by atoms with Gasteiger partial charge in [0.25, 0.3) is 0 Å². The highest BCUT2D eigenvalue weighted by Crippen LogP contribution is 2.49. The Morgan fingerprint density at radius 1 is 1.45 bits per heavy atom. The number of hydrogen-bond acceptors (Lipinski definition) is 5. The lowest BCUT2D eigenvalue weighted by Gasteiger charge is -2.60. The lowest BCUT2D eigenvalue weighted by molar-refractivity contribution is -0.121. The molecule has 120 valence electrons. The van der Waals surface area contributed by atoms with E-state index in [-0.39, 0.29) is 17.7 Å². The molecule has 2 aliphatic rings. The first-order valence-electron chi connectivity index (χ1n) is 7.66. The van der Waals surface area contributed by atoms with Crippen molar-refractivity contribution in [2.45, 2.75) is 57.3 Å². The minimum absolute atomic E-state index is 0.0746. The number of hydrogen-bond donors (Lipinski definition) is 1. The zero-order valence-electron chi connectivity index (χ0n) is 13.3. The maximum atomic E-state index is 12.2. The average molecular weight is 305 g/mol. The van der Waals surface area contributed by atoms with Crippen molar-refractivity contribution in [3.63, 3.8) is 0 Å². The Bertz CT molecular complexity index is 576. The van der Waals surface area contributed by atoms with Gasteiger partial charge in [-0.25, -0.2) is 4.79 Å². The normalized spacial score (nSPS) is 27.0. The summed E-state index contributed by atoms with van der Waals surface area (Å²) in [5, 5.41) is 0. The van der Waals surface area contributed by atoms with Crippen LogP contribution in [-0.4, -0.2) is 39.8 Å². The number of likely N-dealkylation sites (tertiary alicyclic amines) is 1. The van der Waals surface area contributed by atoms with Crippen LogP contribution in [0.2, 0.25) is 0 Å². The van der Waals surface area contributed by atoms with Gasteiger partial charge in [0.2, 0.25) is 0 Å². The van der Waals surface area contributed by atoms with Crippen molar-refractivity contribution >= 4 is 11.8 Å². The molecule has 2 fully saturated rings. The minimum atomic E-state index is -0.459. The molecule has 1 aromatic rings. The Balaban J connectivity index is 1.56. The maximum Gasteiger partial charge on any atom is 0.410 e. The van der Waals surface area contributed by atoms with Gasteiger partial charge in [0.15, 0.2) is 0 Å². The molecule has 0 radical (unpaired) electrons. The summed E-state index contributed by atoms with van der Waals surface area (Å²) in [6.07, 6.45) is 5.78. The zero-order valence-corrected chi connectivity index (χ0v) is 13.3. The van der Waals surface area contributed by atoms with Crippen LogP contribution in [0.5, 0.6) is 5.75 Å². The van der Waals surface area contributed by atoms with Gasteiger partial charge in [-0.3, -0.25) is 4.98 Å². The molecule has 0 unspecified atom stereocenters. The van der Waals surface area contributed by atoms with Crippen molar-refractivity contribution in [2.75, 3.05) is 12.3 Å². The molecule has 22 heavy (non-hydrogen) atoms. The molecule has 6 nitrogen and oxygen atoms in total. The summed E-state index contributed by atoms with van der Waals surface area (Å²) in [6.45, 7) is 6.42. The predicted octanol–water partition coefficient (Wildman–Crippen LogP) is 2.58. The first-order chi connectivity index (χ1) is 10.3. The third kappa shape index (κ3) is 2.69. The lowest BCUT2D eigenvalue weighted by Crippen LogP contribution is -2.70. The van der Waals surface area contributed by atoms with E-state index in [9.17, 15) is 4.79 Å². The number of carbonyl (C=O) groups excluding carboxylic acids is 1. The first kappa shape index (κ1) is 14.9. The van der Waals surface area contributed by atoms with Crippen LogP contribution in [0.15, 0.2) is 18.5 Å². The molecule has 2 heterocycles. The van der Waals surface area contributed by atoms with Gasteiger partial charge in [-0.05, 0) is 27.2 Å². The molecule has 1 aromatic heterocycles. The molecule has 6 heteroatoms. The van der Waals surface area contributed by atoms with E-state index in [1.54, 1.807) is 18.5 Å². The Labute approximate surface area is 130 Å². The van der Waals surface area contributed by atoms with Gasteiger partial charge in [0.05, 0.1) is 17.4 Å². The van der Waals surface area contributed by atoms with Crippen molar-refractivity contribution in [1.82, 2.24) is 9.88 Å². The van der Waals surface area contributed by atoms with E-state index in [0.29, 0.717) is 11.4 Å².